The molecule has 3 aromatic rings. The maximum absolute atomic E-state index is 13.1. The molecule has 0 radical (unpaired) electrons. The standard InChI is InChI=1S/C22H25N3O5S/c1-3-11-24(21(26)20-10-7-13-30-20)16-19-15-23-22(25(19)12-14-29-2)31(27,28)17-18-8-5-4-6-9-18/h3-10,13,15H,1,11-12,14,16-17H2,2H3. The van der Waals surface area contributed by atoms with Gasteiger partial charge in [0.1, 0.15) is 0 Å². The van der Waals surface area contributed by atoms with Gasteiger partial charge in [-0.1, -0.05) is 36.4 Å². The number of carbonyl (C=O) groups excluding carboxylic acids is 1. The van der Waals surface area contributed by atoms with E-state index in [1.165, 1.54) is 17.4 Å². The van der Waals surface area contributed by atoms with E-state index in [0.717, 1.165) is 0 Å². The average molecular weight is 444 g/mol. The number of amides is 1. The maximum atomic E-state index is 13.1. The predicted molar refractivity (Wildman–Crippen MR) is 115 cm³/mol. The number of hydrogen-bond donors (Lipinski definition) is 0. The van der Waals surface area contributed by atoms with E-state index < -0.39 is 9.84 Å². The van der Waals surface area contributed by atoms with Crippen LogP contribution in [0.25, 0.3) is 0 Å². The molecule has 0 unspecified atom stereocenters. The van der Waals surface area contributed by atoms with Crippen molar-refractivity contribution in [3.05, 3.63) is 84.6 Å². The Labute approximate surface area is 181 Å². The van der Waals surface area contributed by atoms with Crippen LogP contribution in [0.1, 0.15) is 21.8 Å². The minimum absolute atomic E-state index is 0.0487. The normalized spacial score (nSPS) is 11.4. The number of furan rings is 1. The summed E-state index contributed by atoms with van der Waals surface area (Å²) in [5, 5.41) is -0.0487. The minimum Gasteiger partial charge on any atom is -0.459 e. The van der Waals surface area contributed by atoms with Crippen molar-refractivity contribution < 1.29 is 22.4 Å². The molecular weight excluding hydrogens is 418 g/mol. The largest absolute Gasteiger partial charge is 0.459 e. The molecule has 31 heavy (non-hydrogen) atoms. The number of sulfone groups is 1. The summed E-state index contributed by atoms with van der Waals surface area (Å²) < 4.78 is 38.2. The zero-order valence-corrected chi connectivity index (χ0v) is 18.1. The third kappa shape index (κ3) is 5.50. The molecule has 0 aliphatic heterocycles. The predicted octanol–water partition coefficient (Wildman–Crippen LogP) is 2.92. The topological polar surface area (TPSA) is 94.6 Å². The number of aromatic nitrogens is 2. The molecular formula is C22H25N3O5S. The van der Waals surface area contributed by atoms with Crippen molar-refractivity contribution in [2.75, 3.05) is 20.3 Å². The Bertz CT molecular complexity index is 1110. The first-order valence-corrected chi connectivity index (χ1v) is 11.3. The summed E-state index contributed by atoms with van der Waals surface area (Å²) in [6.07, 6.45) is 4.51. The van der Waals surface area contributed by atoms with E-state index in [-0.39, 0.29) is 42.2 Å². The lowest BCUT2D eigenvalue weighted by Gasteiger charge is -2.21. The van der Waals surface area contributed by atoms with Crippen LogP contribution in [0.5, 0.6) is 0 Å². The van der Waals surface area contributed by atoms with E-state index >= 15 is 0 Å². The highest BCUT2D eigenvalue weighted by molar-refractivity contribution is 7.90. The van der Waals surface area contributed by atoms with Crippen LogP contribution < -0.4 is 0 Å². The van der Waals surface area contributed by atoms with Gasteiger partial charge in [-0.05, 0) is 17.7 Å². The molecule has 9 heteroatoms. The monoisotopic (exact) mass is 443 g/mol. The van der Waals surface area contributed by atoms with Gasteiger partial charge in [-0.25, -0.2) is 13.4 Å². The zero-order chi connectivity index (χ0) is 22.3. The summed E-state index contributed by atoms with van der Waals surface area (Å²) in [5.74, 6) is -0.293. The molecule has 0 saturated carbocycles. The molecule has 0 saturated heterocycles. The second-order valence-electron chi connectivity index (χ2n) is 6.87. The SMILES string of the molecule is C=CCN(Cc1cnc(S(=O)(=O)Cc2ccccc2)n1CCOC)C(=O)c1ccco1. The maximum Gasteiger partial charge on any atom is 0.290 e. The molecule has 2 aromatic heterocycles. The van der Waals surface area contributed by atoms with Gasteiger partial charge in [-0.2, -0.15) is 0 Å². The van der Waals surface area contributed by atoms with E-state index in [0.29, 0.717) is 17.9 Å². The summed E-state index contributed by atoms with van der Waals surface area (Å²) in [6.45, 7) is 4.69. The second kappa shape index (κ2) is 10.2. The molecule has 0 N–H and O–H groups in total. The number of carbonyl (C=O) groups is 1. The van der Waals surface area contributed by atoms with Crippen LogP contribution in [0.2, 0.25) is 0 Å². The number of benzene rings is 1. The molecule has 0 aliphatic carbocycles. The van der Waals surface area contributed by atoms with Crippen LogP contribution in [0, 0.1) is 0 Å². The van der Waals surface area contributed by atoms with Crippen molar-refractivity contribution >= 4 is 15.7 Å². The minimum atomic E-state index is -3.71. The lowest BCUT2D eigenvalue weighted by atomic mass is 10.2. The van der Waals surface area contributed by atoms with E-state index in [2.05, 4.69) is 11.6 Å². The zero-order valence-electron chi connectivity index (χ0n) is 17.3. The van der Waals surface area contributed by atoms with Crippen molar-refractivity contribution in [2.45, 2.75) is 24.0 Å². The highest BCUT2D eigenvalue weighted by atomic mass is 32.2. The Hall–Kier alpha value is -3.17. The number of imidazole rings is 1. The first-order chi connectivity index (χ1) is 15.0. The lowest BCUT2D eigenvalue weighted by Crippen LogP contribution is -2.31. The van der Waals surface area contributed by atoms with Crippen LogP contribution in [0.15, 0.2) is 77.2 Å². The average Bonchev–Trinajstić information content (AvgIpc) is 3.42. The molecule has 2 heterocycles. The summed E-state index contributed by atoms with van der Waals surface area (Å²) >= 11 is 0. The molecule has 0 atom stereocenters. The van der Waals surface area contributed by atoms with Gasteiger partial charge in [0.2, 0.25) is 15.0 Å². The lowest BCUT2D eigenvalue weighted by molar-refractivity contribution is 0.0726. The van der Waals surface area contributed by atoms with Gasteiger partial charge >= 0.3 is 0 Å². The fourth-order valence-corrected chi connectivity index (χ4v) is 4.69. The number of ether oxygens (including phenoxy) is 1. The van der Waals surface area contributed by atoms with Crippen molar-refractivity contribution in [3.63, 3.8) is 0 Å². The Morgan fingerprint density at radius 1 is 1.26 bits per heavy atom. The number of rotatable bonds is 11. The summed E-state index contributed by atoms with van der Waals surface area (Å²) in [7, 11) is -2.17. The summed E-state index contributed by atoms with van der Waals surface area (Å²) in [5.41, 5.74) is 1.25. The molecule has 0 bridgehead atoms. The highest BCUT2D eigenvalue weighted by Crippen LogP contribution is 2.19. The molecule has 0 spiro atoms. The van der Waals surface area contributed by atoms with Crippen molar-refractivity contribution in [3.8, 4) is 0 Å². The van der Waals surface area contributed by atoms with E-state index in [4.69, 9.17) is 9.15 Å². The van der Waals surface area contributed by atoms with Gasteiger partial charge in [0.15, 0.2) is 5.76 Å². The second-order valence-corrected chi connectivity index (χ2v) is 8.76. The van der Waals surface area contributed by atoms with E-state index in [9.17, 15) is 13.2 Å². The number of nitrogens with zero attached hydrogens (tertiary/aromatic N) is 3. The molecule has 164 valence electrons. The number of hydrogen-bond acceptors (Lipinski definition) is 6. The van der Waals surface area contributed by atoms with E-state index in [1.54, 1.807) is 54.2 Å². The third-order valence-electron chi connectivity index (χ3n) is 4.62. The van der Waals surface area contributed by atoms with Crippen LogP contribution in [0.4, 0.5) is 0 Å². The fraction of sp³-hybridized carbons (Fsp3) is 0.273. The summed E-state index contributed by atoms with van der Waals surface area (Å²) in [4.78, 5) is 18.5. The Morgan fingerprint density at radius 2 is 2.03 bits per heavy atom. The van der Waals surface area contributed by atoms with Gasteiger partial charge in [0, 0.05) is 20.2 Å². The van der Waals surface area contributed by atoms with Crippen LogP contribution >= 0.6 is 0 Å². The van der Waals surface area contributed by atoms with Crippen molar-refractivity contribution in [2.24, 2.45) is 0 Å². The molecule has 1 amide bonds. The van der Waals surface area contributed by atoms with Crippen LogP contribution in [0.3, 0.4) is 0 Å². The molecule has 8 nitrogen and oxygen atoms in total. The smallest absolute Gasteiger partial charge is 0.290 e. The first-order valence-electron chi connectivity index (χ1n) is 9.70. The molecule has 0 aliphatic rings. The fourth-order valence-electron chi connectivity index (χ4n) is 3.17. The van der Waals surface area contributed by atoms with Crippen molar-refractivity contribution in [1.29, 1.82) is 0 Å². The third-order valence-corrected chi connectivity index (χ3v) is 6.22. The first kappa shape index (κ1) is 22.5. The van der Waals surface area contributed by atoms with E-state index in [1.807, 2.05) is 6.07 Å². The van der Waals surface area contributed by atoms with Crippen LogP contribution in [-0.2, 0) is 33.4 Å². The van der Waals surface area contributed by atoms with Gasteiger partial charge < -0.3 is 18.6 Å². The van der Waals surface area contributed by atoms with Crippen LogP contribution in [-0.4, -0.2) is 49.0 Å². The number of methoxy groups -OCH3 is 1. The quantitative estimate of drug-likeness (QED) is 0.423. The molecule has 0 fully saturated rings. The Balaban J connectivity index is 1.92. The highest BCUT2D eigenvalue weighted by Gasteiger charge is 2.26. The van der Waals surface area contributed by atoms with Gasteiger partial charge in [0.25, 0.3) is 5.91 Å². The van der Waals surface area contributed by atoms with Gasteiger partial charge in [0.05, 0.1) is 37.1 Å². The Kier molecular flexibility index (Phi) is 7.43. The van der Waals surface area contributed by atoms with Crippen molar-refractivity contribution in [1.82, 2.24) is 14.5 Å². The van der Waals surface area contributed by atoms with Gasteiger partial charge in [-0.15, -0.1) is 6.58 Å². The molecule has 3 rings (SSSR count). The van der Waals surface area contributed by atoms with Gasteiger partial charge in [-0.3, -0.25) is 4.79 Å². The molecule has 1 aromatic carbocycles. The Morgan fingerprint density at radius 3 is 2.68 bits per heavy atom. The summed E-state index contributed by atoms with van der Waals surface area (Å²) in [6, 6.07) is 12.1.